The number of nitrogens with one attached hydrogen (secondary N) is 1. The van der Waals surface area contributed by atoms with Crippen LogP contribution in [-0.2, 0) is 9.84 Å². The third-order valence-electron chi connectivity index (χ3n) is 4.04. The highest BCUT2D eigenvalue weighted by Gasteiger charge is 2.24. The summed E-state index contributed by atoms with van der Waals surface area (Å²) in [5.74, 6) is -2.17. The number of aliphatic hydroxyl groups is 1. The number of aliphatic hydroxyl groups excluding tert-OH is 1. The summed E-state index contributed by atoms with van der Waals surface area (Å²) in [5, 5.41) is 22.3. The Hall–Kier alpha value is -2.98. The molecule has 28 heavy (non-hydrogen) atoms. The van der Waals surface area contributed by atoms with E-state index in [0.717, 1.165) is 18.4 Å². The molecule has 0 aliphatic rings. The number of hydrogen-bond donors (Lipinski definition) is 4. The molecule has 0 aliphatic heterocycles. The number of benzene rings is 2. The molecule has 0 fully saturated rings. The maximum absolute atomic E-state index is 13.4. The quantitative estimate of drug-likeness (QED) is 0.528. The van der Waals surface area contributed by atoms with Crippen LogP contribution in [0.1, 0.15) is 32.4 Å². The number of carbonyl (C=O) groups excluding carboxylic acids is 2. The molecule has 0 aromatic heterocycles. The number of alkyl halides is 1. The van der Waals surface area contributed by atoms with Crippen LogP contribution in [0.25, 0.3) is 0 Å². The maximum Gasteiger partial charge on any atom is 0.252 e. The second kappa shape index (κ2) is 8.36. The van der Waals surface area contributed by atoms with E-state index in [-0.39, 0.29) is 21.6 Å². The van der Waals surface area contributed by atoms with Gasteiger partial charge in [-0.3, -0.25) is 9.59 Å². The number of amides is 2. The molecule has 5 N–H and O–H groups in total. The van der Waals surface area contributed by atoms with E-state index in [9.17, 15) is 32.6 Å². The van der Waals surface area contributed by atoms with Gasteiger partial charge >= 0.3 is 0 Å². The Labute approximate surface area is 160 Å². The van der Waals surface area contributed by atoms with Gasteiger partial charge < -0.3 is 21.3 Å². The Morgan fingerprint density at radius 1 is 1.18 bits per heavy atom. The summed E-state index contributed by atoms with van der Waals surface area (Å²) in [6.07, 6.45) is -0.414. The van der Waals surface area contributed by atoms with Crippen LogP contribution in [0.3, 0.4) is 0 Å². The summed E-state index contributed by atoms with van der Waals surface area (Å²) in [4.78, 5) is 23.4. The molecule has 2 aromatic carbocycles. The molecule has 0 aliphatic carbocycles. The Morgan fingerprint density at radius 2 is 1.79 bits per heavy atom. The van der Waals surface area contributed by atoms with Gasteiger partial charge in [-0.1, -0.05) is 12.1 Å². The zero-order chi connectivity index (χ0) is 21.1. The summed E-state index contributed by atoms with van der Waals surface area (Å²) in [7, 11) is -3.42. The lowest BCUT2D eigenvalue weighted by Crippen LogP contribution is -2.41. The van der Waals surface area contributed by atoms with E-state index in [1.54, 1.807) is 0 Å². The number of aromatic hydroxyl groups is 1. The molecule has 0 bridgehead atoms. The predicted octanol–water partition coefficient (Wildman–Crippen LogP) is 0.696. The average molecular weight is 410 g/mol. The lowest BCUT2D eigenvalue weighted by atomic mass is 10.0. The highest BCUT2D eigenvalue weighted by Crippen LogP contribution is 2.22. The Bertz CT molecular complexity index is 992. The number of carbonyl (C=O) groups is 2. The third kappa shape index (κ3) is 4.84. The first kappa shape index (κ1) is 21.3. The van der Waals surface area contributed by atoms with Crippen LogP contribution in [0, 0.1) is 0 Å². The Kier molecular flexibility index (Phi) is 6.37. The number of primary amides is 1. The van der Waals surface area contributed by atoms with Gasteiger partial charge in [0.1, 0.15) is 18.5 Å². The lowest BCUT2D eigenvalue weighted by Gasteiger charge is -2.22. The van der Waals surface area contributed by atoms with Crippen molar-refractivity contribution in [3.8, 4) is 5.75 Å². The fraction of sp³-hybridized carbons (Fsp3) is 0.222. The number of nitrogens with two attached hydrogens (primary N) is 1. The Balaban J connectivity index is 2.17. The van der Waals surface area contributed by atoms with Crippen molar-refractivity contribution in [2.24, 2.45) is 5.73 Å². The predicted molar refractivity (Wildman–Crippen MR) is 98.4 cm³/mol. The van der Waals surface area contributed by atoms with Crippen molar-refractivity contribution in [3.63, 3.8) is 0 Å². The first-order valence-corrected chi connectivity index (χ1v) is 9.91. The molecule has 8 nitrogen and oxygen atoms in total. The summed E-state index contributed by atoms with van der Waals surface area (Å²) in [5.41, 5.74) is 5.03. The monoisotopic (exact) mass is 410 g/mol. The van der Waals surface area contributed by atoms with Gasteiger partial charge in [-0.25, -0.2) is 12.8 Å². The molecule has 2 rings (SSSR count). The molecule has 150 valence electrons. The highest BCUT2D eigenvalue weighted by atomic mass is 32.2. The van der Waals surface area contributed by atoms with Crippen LogP contribution in [0.4, 0.5) is 4.39 Å². The van der Waals surface area contributed by atoms with Gasteiger partial charge in [0.15, 0.2) is 9.84 Å². The van der Waals surface area contributed by atoms with Gasteiger partial charge in [0.25, 0.3) is 11.8 Å². The fourth-order valence-corrected chi connectivity index (χ4v) is 3.11. The van der Waals surface area contributed by atoms with Gasteiger partial charge in [0.2, 0.25) is 0 Å². The molecule has 2 aromatic rings. The van der Waals surface area contributed by atoms with E-state index in [4.69, 9.17) is 5.73 Å². The van der Waals surface area contributed by atoms with Crippen molar-refractivity contribution < 1.29 is 32.6 Å². The van der Waals surface area contributed by atoms with E-state index in [1.807, 2.05) is 0 Å². The van der Waals surface area contributed by atoms with Gasteiger partial charge in [0, 0.05) is 11.8 Å². The zero-order valence-corrected chi connectivity index (χ0v) is 15.6. The van der Waals surface area contributed by atoms with Crippen LogP contribution in [0.5, 0.6) is 5.75 Å². The van der Waals surface area contributed by atoms with Crippen molar-refractivity contribution in [3.05, 3.63) is 59.2 Å². The number of sulfone groups is 1. The van der Waals surface area contributed by atoms with Crippen LogP contribution >= 0.6 is 0 Å². The van der Waals surface area contributed by atoms with E-state index in [2.05, 4.69) is 5.32 Å². The van der Waals surface area contributed by atoms with E-state index in [0.29, 0.717) is 0 Å². The summed E-state index contributed by atoms with van der Waals surface area (Å²) in [6, 6.07) is 7.23. The van der Waals surface area contributed by atoms with E-state index < -0.39 is 46.2 Å². The average Bonchev–Trinajstić information content (AvgIpc) is 2.64. The third-order valence-corrected chi connectivity index (χ3v) is 5.17. The minimum atomic E-state index is -3.42. The number of rotatable bonds is 7. The van der Waals surface area contributed by atoms with E-state index in [1.165, 1.54) is 30.3 Å². The highest BCUT2D eigenvalue weighted by molar-refractivity contribution is 7.90. The first-order valence-electron chi connectivity index (χ1n) is 8.02. The van der Waals surface area contributed by atoms with Gasteiger partial charge in [0.05, 0.1) is 16.5 Å². The largest absolute Gasteiger partial charge is 0.507 e. The minimum absolute atomic E-state index is 0.0364. The normalized spacial score (nSPS) is 13.5. The molecule has 0 radical (unpaired) electrons. The van der Waals surface area contributed by atoms with Gasteiger partial charge in [-0.15, -0.1) is 0 Å². The van der Waals surface area contributed by atoms with Crippen LogP contribution in [-0.4, -0.2) is 49.4 Å². The molecule has 0 saturated carbocycles. The van der Waals surface area contributed by atoms with Crippen molar-refractivity contribution in [2.45, 2.75) is 17.0 Å². The van der Waals surface area contributed by atoms with Crippen LogP contribution in [0.2, 0.25) is 0 Å². The van der Waals surface area contributed by atoms with Gasteiger partial charge in [-0.2, -0.15) is 0 Å². The molecule has 2 unspecified atom stereocenters. The number of halogens is 1. The molecular weight excluding hydrogens is 391 g/mol. The summed E-state index contributed by atoms with van der Waals surface area (Å²) >= 11 is 0. The van der Waals surface area contributed by atoms with Crippen molar-refractivity contribution in [1.82, 2.24) is 5.32 Å². The second-order valence-corrected chi connectivity index (χ2v) is 8.13. The van der Waals surface area contributed by atoms with Gasteiger partial charge in [-0.05, 0) is 35.9 Å². The molecular formula is C18H19FN2O6S. The molecule has 0 saturated heterocycles. The summed E-state index contributed by atoms with van der Waals surface area (Å²) < 4.78 is 36.3. The van der Waals surface area contributed by atoms with Crippen molar-refractivity contribution in [1.29, 1.82) is 0 Å². The molecule has 2 amide bonds. The zero-order valence-electron chi connectivity index (χ0n) is 14.8. The van der Waals surface area contributed by atoms with Crippen molar-refractivity contribution in [2.75, 3.05) is 12.9 Å². The van der Waals surface area contributed by atoms with Crippen LogP contribution < -0.4 is 11.1 Å². The standard InChI is InChI=1S/C18H19FN2O6S/c1-28(26,27)12-5-2-10(3-6-12)16(23)14(9-19)21-18(25)11-4-7-13(17(20)24)15(22)8-11/h2-8,14,16,22-23H,9H2,1H3,(H2,20,24)(H,21,25). The number of hydrogen-bond acceptors (Lipinski definition) is 6. The molecule has 2 atom stereocenters. The smallest absolute Gasteiger partial charge is 0.252 e. The lowest BCUT2D eigenvalue weighted by molar-refractivity contribution is 0.0791. The SMILES string of the molecule is CS(=O)(=O)c1ccc(C(O)C(CF)NC(=O)c2ccc(C(N)=O)c(O)c2)cc1. The Morgan fingerprint density at radius 3 is 2.25 bits per heavy atom. The first-order chi connectivity index (χ1) is 13.0. The topological polar surface area (TPSA) is 147 Å². The number of phenols is 1. The van der Waals surface area contributed by atoms with Crippen molar-refractivity contribution >= 4 is 21.7 Å². The molecule has 0 spiro atoms. The minimum Gasteiger partial charge on any atom is -0.507 e. The van der Waals surface area contributed by atoms with Crippen LogP contribution in [0.15, 0.2) is 47.4 Å². The maximum atomic E-state index is 13.4. The second-order valence-electron chi connectivity index (χ2n) is 6.12. The fourth-order valence-electron chi connectivity index (χ4n) is 2.48. The summed E-state index contributed by atoms with van der Waals surface area (Å²) in [6.45, 7) is -1.11. The van der Waals surface area contributed by atoms with E-state index >= 15 is 0 Å². The molecule has 10 heteroatoms. The molecule has 0 heterocycles.